The van der Waals surface area contributed by atoms with Gasteiger partial charge in [-0.1, -0.05) is 48.6 Å². The Hall–Kier alpha value is -1.39. The first-order chi connectivity index (χ1) is 9.99. The van der Waals surface area contributed by atoms with E-state index in [0.29, 0.717) is 0 Å². The number of aromatic nitrogens is 1. The van der Waals surface area contributed by atoms with Gasteiger partial charge in [-0.15, -0.1) is 0 Å². The number of benzene rings is 1. The van der Waals surface area contributed by atoms with Crippen LogP contribution in [0, 0.1) is 0 Å². The largest absolute Gasteiger partial charge is 0.346 e. The molecule has 0 spiro atoms. The average Bonchev–Trinajstić information content (AvgIpc) is 2.91. The molecule has 114 valence electrons. The number of nitrogens with one attached hydrogen (secondary N) is 1. The van der Waals surface area contributed by atoms with Gasteiger partial charge in [-0.3, -0.25) is 0 Å². The van der Waals surface area contributed by atoms with Crippen molar-refractivity contribution in [2.45, 2.75) is 39.3 Å². The molecule has 0 bridgehead atoms. The van der Waals surface area contributed by atoms with Gasteiger partial charge in [-0.2, -0.15) is 0 Å². The van der Waals surface area contributed by atoms with Gasteiger partial charge in [-0.25, -0.2) is 4.98 Å². The Balaban J connectivity index is 2.42. The maximum Gasteiger partial charge on any atom is 0.186 e. The fourth-order valence-electron chi connectivity index (χ4n) is 2.08. The highest BCUT2D eigenvalue weighted by molar-refractivity contribution is 7.16. The topological polar surface area (TPSA) is 28.2 Å². The number of hydrogen-bond donors (Lipinski definition) is 1. The summed E-state index contributed by atoms with van der Waals surface area (Å²) in [6, 6.07) is 10.4. The molecule has 4 heteroatoms. The third-order valence-corrected chi connectivity index (χ3v) is 5.26. The normalized spacial score (nSPS) is 11.7. The van der Waals surface area contributed by atoms with E-state index in [1.54, 1.807) is 11.3 Å². The minimum absolute atomic E-state index is 0.114. The van der Waals surface area contributed by atoms with Crippen LogP contribution in [0.25, 0.3) is 11.3 Å². The molecule has 0 aliphatic carbocycles. The number of thiazole rings is 1. The van der Waals surface area contributed by atoms with E-state index in [2.05, 4.69) is 62.3 Å². The van der Waals surface area contributed by atoms with E-state index in [9.17, 15) is 0 Å². The first-order valence-electron chi connectivity index (χ1n) is 7.43. The molecule has 0 atom stereocenters. The molecule has 1 aromatic heterocycles. The van der Waals surface area contributed by atoms with Crippen LogP contribution in [-0.4, -0.2) is 24.6 Å². The second-order valence-corrected chi connectivity index (χ2v) is 6.95. The molecule has 1 N–H and O–H groups in total. The van der Waals surface area contributed by atoms with Crippen molar-refractivity contribution in [2.24, 2.45) is 0 Å². The molecular weight excluding hydrogens is 278 g/mol. The zero-order valence-electron chi connectivity index (χ0n) is 13.6. The van der Waals surface area contributed by atoms with Crippen molar-refractivity contribution in [3.8, 4) is 11.3 Å². The van der Waals surface area contributed by atoms with E-state index >= 15 is 0 Å². The van der Waals surface area contributed by atoms with Crippen LogP contribution in [0.1, 0.15) is 32.1 Å². The summed E-state index contributed by atoms with van der Waals surface area (Å²) in [5.41, 5.74) is 2.40. The van der Waals surface area contributed by atoms with E-state index in [1.165, 1.54) is 10.4 Å². The lowest BCUT2D eigenvalue weighted by molar-refractivity contribution is 0.470. The highest BCUT2D eigenvalue weighted by Crippen LogP contribution is 2.35. The van der Waals surface area contributed by atoms with Crippen LogP contribution >= 0.6 is 11.3 Å². The standard InChI is InChI=1S/C17H25N3S/c1-6-17(2,3)20(5)16-19-15(14(21-16)12-18-4)13-10-8-7-9-11-13/h7-11,18H,6,12H2,1-5H3. The van der Waals surface area contributed by atoms with Gasteiger partial charge in [0.1, 0.15) is 0 Å². The number of nitrogens with zero attached hydrogens (tertiary/aromatic N) is 2. The molecule has 0 fully saturated rings. The third kappa shape index (κ3) is 3.44. The number of anilines is 1. The molecule has 0 aliphatic heterocycles. The van der Waals surface area contributed by atoms with Crippen LogP contribution in [-0.2, 0) is 6.54 Å². The predicted molar refractivity (Wildman–Crippen MR) is 93.1 cm³/mol. The minimum atomic E-state index is 0.114. The SMILES string of the molecule is CCC(C)(C)N(C)c1nc(-c2ccccc2)c(CNC)s1. The van der Waals surface area contributed by atoms with Crippen molar-refractivity contribution in [1.29, 1.82) is 0 Å². The Bertz CT molecular complexity index is 575. The lowest BCUT2D eigenvalue weighted by Crippen LogP contribution is -2.40. The maximum absolute atomic E-state index is 4.92. The first kappa shape index (κ1) is 16.0. The smallest absolute Gasteiger partial charge is 0.186 e. The second kappa shape index (κ2) is 6.58. The van der Waals surface area contributed by atoms with Crippen molar-refractivity contribution in [3.05, 3.63) is 35.2 Å². The van der Waals surface area contributed by atoms with Gasteiger partial charge in [0.2, 0.25) is 0 Å². The van der Waals surface area contributed by atoms with Crippen molar-refractivity contribution in [1.82, 2.24) is 10.3 Å². The van der Waals surface area contributed by atoms with Gasteiger partial charge < -0.3 is 10.2 Å². The second-order valence-electron chi connectivity index (χ2n) is 5.89. The van der Waals surface area contributed by atoms with Crippen LogP contribution in [0.15, 0.2) is 30.3 Å². The summed E-state index contributed by atoms with van der Waals surface area (Å²) in [5.74, 6) is 0. The van der Waals surface area contributed by atoms with Crippen LogP contribution in [0.4, 0.5) is 5.13 Å². The predicted octanol–water partition coefficient (Wildman–Crippen LogP) is 4.15. The van der Waals surface area contributed by atoms with Crippen molar-refractivity contribution in [3.63, 3.8) is 0 Å². The fourth-order valence-corrected chi connectivity index (χ4v) is 3.30. The Labute approximate surface area is 132 Å². The molecule has 0 aliphatic rings. The Morgan fingerprint density at radius 1 is 1.24 bits per heavy atom. The first-order valence-corrected chi connectivity index (χ1v) is 8.24. The lowest BCUT2D eigenvalue weighted by atomic mass is 10.0. The quantitative estimate of drug-likeness (QED) is 0.868. The van der Waals surface area contributed by atoms with E-state index in [4.69, 9.17) is 4.98 Å². The molecule has 0 saturated heterocycles. The van der Waals surface area contributed by atoms with E-state index in [1.807, 2.05) is 13.1 Å². The highest BCUT2D eigenvalue weighted by atomic mass is 32.1. The summed E-state index contributed by atoms with van der Waals surface area (Å²) < 4.78 is 0. The molecule has 2 rings (SSSR count). The lowest BCUT2D eigenvalue weighted by Gasteiger charge is -2.34. The highest BCUT2D eigenvalue weighted by Gasteiger charge is 2.25. The Morgan fingerprint density at radius 2 is 1.90 bits per heavy atom. The van der Waals surface area contributed by atoms with Crippen LogP contribution in [0.3, 0.4) is 0 Å². The van der Waals surface area contributed by atoms with E-state index in [-0.39, 0.29) is 5.54 Å². The molecule has 2 aromatic rings. The number of rotatable bonds is 6. The average molecular weight is 303 g/mol. The van der Waals surface area contributed by atoms with E-state index < -0.39 is 0 Å². The molecule has 21 heavy (non-hydrogen) atoms. The minimum Gasteiger partial charge on any atom is -0.346 e. The molecule has 1 aromatic carbocycles. The molecule has 0 amide bonds. The molecule has 0 unspecified atom stereocenters. The molecular formula is C17H25N3S. The van der Waals surface area contributed by atoms with E-state index in [0.717, 1.165) is 23.8 Å². The van der Waals surface area contributed by atoms with Gasteiger partial charge in [0.05, 0.1) is 5.69 Å². The Morgan fingerprint density at radius 3 is 2.48 bits per heavy atom. The Kier molecular flexibility index (Phi) is 5.01. The monoisotopic (exact) mass is 303 g/mol. The molecule has 0 radical (unpaired) electrons. The van der Waals surface area contributed by atoms with Crippen molar-refractivity contribution in [2.75, 3.05) is 19.0 Å². The fraction of sp³-hybridized carbons (Fsp3) is 0.471. The maximum atomic E-state index is 4.92. The molecule has 1 heterocycles. The van der Waals surface area contributed by atoms with Gasteiger partial charge >= 0.3 is 0 Å². The van der Waals surface area contributed by atoms with Crippen molar-refractivity contribution >= 4 is 16.5 Å². The summed E-state index contributed by atoms with van der Waals surface area (Å²) in [5, 5.41) is 4.34. The van der Waals surface area contributed by atoms with Gasteiger partial charge in [0, 0.05) is 29.6 Å². The zero-order valence-corrected chi connectivity index (χ0v) is 14.4. The van der Waals surface area contributed by atoms with Gasteiger partial charge in [0.25, 0.3) is 0 Å². The van der Waals surface area contributed by atoms with Gasteiger partial charge in [-0.05, 0) is 27.3 Å². The summed E-state index contributed by atoms with van der Waals surface area (Å²) in [7, 11) is 4.12. The molecule has 3 nitrogen and oxygen atoms in total. The summed E-state index contributed by atoms with van der Waals surface area (Å²) in [6.07, 6.45) is 1.09. The van der Waals surface area contributed by atoms with Crippen molar-refractivity contribution < 1.29 is 0 Å². The summed E-state index contributed by atoms with van der Waals surface area (Å²) in [6.45, 7) is 7.59. The summed E-state index contributed by atoms with van der Waals surface area (Å²) >= 11 is 1.78. The van der Waals surface area contributed by atoms with Crippen LogP contribution < -0.4 is 10.2 Å². The summed E-state index contributed by atoms with van der Waals surface area (Å²) in [4.78, 5) is 8.50. The van der Waals surface area contributed by atoms with Gasteiger partial charge in [0.15, 0.2) is 5.13 Å². The van der Waals surface area contributed by atoms with Crippen LogP contribution in [0.5, 0.6) is 0 Å². The van der Waals surface area contributed by atoms with Crippen LogP contribution in [0.2, 0.25) is 0 Å². The third-order valence-electron chi connectivity index (χ3n) is 4.13. The molecule has 0 saturated carbocycles. The zero-order chi connectivity index (χ0) is 15.5. The number of hydrogen-bond acceptors (Lipinski definition) is 4.